The molecule has 0 fully saturated rings. The maximum Gasteiger partial charge on any atom is 0.122 e. The van der Waals surface area contributed by atoms with Crippen LogP contribution in [0.2, 0.25) is 0 Å². The van der Waals surface area contributed by atoms with Crippen molar-refractivity contribution in [3.8, 4) is 0 Å². The van der Waals surface area contributed by atoms with Crippen LogP contribution >= 0.6 is 0 Å². The van der Waals surface area contributed by atoms with Gasteiger partial charge in [0.1, 0.15) is 5.82 Å². The molecular weight excluding hydrogens is 226 g/mol. The van der Waals surface area contributed by atoms with Crippen molar-refractivity contribution in [2.45, 2.75) is 53.3 Å². The topological polar surface area (TPSA) is 39.1 Å². The van der Waals surface area contributed by atoms with Gasteiger partial charge in [0, 0.05) is 18.9 Å². The first-order valence-electron chi connectivity index (χ1n) is 6.73. The summed E-state index contributed by atoms with van der Waals surface area (Å²) in [5.41, 5.74) is -0.0728. The average molecular weight is 253 g/mol. The molecule has 0 bridgehead atoms. The zero-order valence-corrected chi connectivity index (χ0v) is 12.4. The van der Waals surface area contributed by atoms with Crippen LogP contribution in [0.25, 0.3) is 0 Å². The van der Waals surface area contributed by atoms with E-state index in [1.165, 1.54) is 0 Å². The zero-order valence-electron chi connectivity index (χ0n) is 12.4. The largest absolute Gasteiger partial charge is 0.374 e. The average Bonchev–Trinajstić information content (AvgIpc) is 2.63. The second-order valence-corrected chi connectivity index (χ2v) is 6.02. The Morgan fingerprint density at radius 1 is 1.39 bits per heavy atom. The highest BCUT2D eigenvalue weighted by Gasteiger charge is 2.10. The Bertz CT molecular complexity index is 339. The van der Waals surface area contributed by atoms with E-state index in [-0.39, 0.29) is 5.60 Å². The fourth-order valence-electron chi connectivity index (χ4n) is 1.63. The summed E-state index contributed by atoms with van der Waals surface area (Å²) in [4.78, 5) is 4.37. The molecule has 0 amide bonds. The van der Waals surface area contributed by atoms with E-state index in [4.69, 9.17) is 4.74 Å². The van der Waals surface area contributed by atoms with E-state index in [1.54, 1.807) is 0 Å². The van der Waals surface area contributed by atoms with Gasteiger partial charge in [-0.3, -0.25) is 0 Å². The molecule has 4 heteroatoms. The molecule has 1 N–H and O–H groups in total. The summed E-state index contributed by atoms with van der Waals surface area (Å²) in [7, 11) is 0. The third-order valence-electron chi connectivity index (χ3n) is 2.50. The van der Waals surface area contributed by atoms with Gasteiger partial charge in [-0.25, -0.2) is 4.98 Å². The summed E-state index contributed by atoms with van der Waals surface area (Å²) < 4.78 is 7.88. The van der Waals surface area contributed by atoms with Gasteiger partial charge < -0.3 is 14.6 Å². The van der Waals surface area contributed by atoms with Crippen LogP contribution in [-0.2, 0) is 17.8 Å². The number of aromatic nitrogens is 2. The molecule has 18 heavy (non-hydrogen) atoms. The summed E-state index contributed by atoms with van der Waals surface area (Å²) in [5, 5.41) is 3.41. The minimum Gasteiger partial charge on any atom is -0.374 e. The fraction of sp³-hybridized carbons (Fsp3) is 0.786. The van der Waals surface area contributed by atoms with Crippen molar-refractivity contribution in [2.75, 3.05) is 13.2 Å². The van der Waals surface area contributed by atoms with E-state index in [2.05, 4.69) is 49.5 Å². The van der Waals surface area contributed by atoms with E-state index < -0.39 is 0 Å². The lowest BCUT2D eigenvalue weighted by atomic mass is 10.2. The van der Waals surface area contributed by atoms with Crippen molar-refractivity contribution in [1.82, 2.24) is 14.9 Å². The van der Waals surface area contributed by atoms with Crippen LogP contribution in [0, 0.1) is 5.92 Å². The van der Waals surface area contributed by atoms with Crippen LogP contribution in [0.15, 0.2) is 12.4 Å². The molecule has 0 saturated heterocycles. The van der Waals surface area contributed by atoms with Gasteiger partial charge in [-0.05, 0) is 33.2 Å². The smallest absolute Gasteiger partial charge is 0.122 e. The second-order valence-electron chi connectivity index (χ2n) is 6.02. The van der Waals surface area contributed by atoms with Crippen LogP contribution in [0.1, 0.15) is 40.4 Å². The molecule has 0 atom stereocenters. The van der Waals surface area contributed by atoms with Crippen molar-refractivity contribution in [3.63, 3.8) is 0 Å². The van der Waals surface area contributed by atoms with E-state index in [1.807, 2.05) is 12.4 Å². The Balaban J connectivity index is 2.35. The van der Waals surface area contributed by atoms with Crippen LogP contribution in [0.4, 0.5) is 0 Å². The Labute approximate surface area is 111 Å². The van der Waals surface area contributed by atoms with Crippen LogP contribution in [-0.4, -0.2) is 28.3 Å². The van der Waals surface area contributed by atoms with E-state index in [0.29, 0.717) is 5.92 Å². The molecule has 0 unspecified atom stereocenters. The Morgan fingerprint density at radius 3 is 2.72 bits per heavy atom. The van der Waals surface area contributed by atoms with Crippen molar-refractivity contribution >= 4 is 0 Å². The Kier molecular flexibility index (Phi) is 5.82. The van der Waals surface area contributed by atoms with E-state index in [9.17, 15) is 0 Å². The van der Waals surface area contributed by atoms with Gasteiger partial charge in [0.15, 0.2) is 0 Å². The van der Waals surface area contributed by atoms with Crippen molar-refractivity contribution < 1.29 is 4.74 Å². The summed E-state index contributed by atoms with van der Waals surface area (Å²) in [6, 6.07) is 0. The molecule has 0 spiro atoms. The molecule has 4 nitrogen and oxygen atoms in total. The zero-order chi connectivity index (χ0) is 13.6. The molecule has 0 aliphatic carbocycles. The maximum atomic E-state index is 5.73. The van der Waals surface area contributed by atoms with Gasteiger partial charge in [0.2, 0.25) is 0 Å². The lowest BCUT2D eigenvalue weighted by molar-refractivity contribution is -0.00709. The number of hydrogen-bond acceptors (Lipinski definition) is 3. The Morgan fingerprint density at radius 2 is 2.11 bits per heavy atom. The number of ether oxygens (including phenoxy) is 1. The quantitative estimate of drug-likeness (QED) is 0.811. The molecule has 0 aromatic carbocycles. The lowest BCUT2D eigenvalue weighted by Gasteiger charge is -2.20. The van der Waals surface area contributed by atoms with Crippen LogP contribution in [0.5, 0.6) is 0 Å². The summed E-state index contributed by atoms with van der Waals surface area (Å²) >= 11 is 0. The van der Waals surface area contributed by atoms with Gasteiger partial charge >= 0.3 is 0 Å². The first-order chi connectivity index (χ1) is 8.38. The predicted octanol–water partition coefficient (Wildman–Crippen LogP) is 2.44. The number of nitrogens with one attached hydrogen (secondary N) is 1. The molecule has 0 aliphatic rings. The summed E-state index contributed by atoms with van der Waals surface area (Å²) in [5.74, 6) is 1.74. The molecule has 1 heterocycles. The number of rotatable bonds is 7. The lowest BCUT2D eigenvalue weighted by Crippen LogP contribution is -2.24. The molecule has 1 rings (SSSR count). The van der Waals surface area contributed by atoms with Gasteiger partial charge in [-0.2, -0.15) is 0 Å². The van der Waals surface area contributed by atoms with Gasteiger partial charge in [-0.1, -0.05) is 13.8 Å². The highest BCUT2D eigenvalue weighted by molar-refractivity contribution is 4.91. The van der Waals surface area contributed by atoms with Crippen LogP contribution < -0.4 is 5.32 Å². The van der Waals surface area contributed by atoms with E-state index in [0.717, 1.165) is 32.1 Å². The Hall–Kier alpha value is -0.870. The molecule has 1 aromatic rings. The second kappa shape index (κ2) is 6.90. The highest BCUT2D eigenvalue weighted by atomic mass is 16.5. The van der Waals surface area contributed by atoms with E-state index >= 15 is 0 Å². The maximum absolute atomic E-state index is 5.73. The van der Waals surface area contributed by atoms with Crippen LogP contribution in [0.3, 0.4) is 0 Å². The third kappa shape index (κ3) is 6.17. The summed E-state index contributed by atoms with van der Waals surface area (Å²) in [6.07, 6.45) is 3.86. The molecular formula is C14H27N3O. The molecule has 104 valence electrons. The van der Waals surface area contributed by atoms with Gasteiger partial charge in [0.05, 0.1) is 18.8 Å². The normalized spacial score (nSPS) is 12.3. The minimum atomic E-state index is -0.0728. The van der Waals surface area contributed by atoms with Crippen molar-refractivity contribution in [1.29, 1.82) is 0 Å². The van der Waals surface area contributed by atoms with Crippen molar-refractivity contribution in [3.05, 3.63) is 18.2 Å². The van der Waals surface area contributed by atoms with Gasteiger partial charge in [-0.15, -0.1) is 0 Å². The van der Waals surface area contributed by atoms with Crippen molar-refractivity contribution in [2.24, 2.45) is 5.92 Å². The molecule has 0 aliphatic heterocycles. The monoisotopic (exact) mass is 253 g/mol. The highest BCUT2D eigenvalue weighted by Crippen LogP contribution is 2.07. The summed E-state index contributed by atoms with van der Waals surface area (Å²) in [6.45, 7) is 14.1. The first kappa shape index (κ1) is 15.2. The number of hydrogen-bond donors (Lipinski definition) is 1. The predicted molar refractivity (Wildman–Crippen MR) is 74.5 cm³/mol. The SMILES string of the molecule is CC(C)CNCc1nccn1CCOC(C)(C)C. The number of nitrogens with zero attached hydrogens (tertiary/aromatic N) is 2. The third-order valence-corrected chi connectivity index (χ3v) is 2.50. The first-order valence-corrected chi connectivity index (χ1v) is 6.73. The molecule has 0 radical (unpaired) electrons. The molecule has 1 aromatic heterocycles. The standard InChI is InChI=1S/C14H27N3O/c1-12(2)10-15-11-13-16-6-7-17(13)8-9-18-14(3,4)5/h6-7,12,15H,8-11H2,1-5H3. The fourth-order valence-corrected chi connectivity index (χ4v) is 1.63. The minimum absolute atomic E-state index is 0.0728. The number of imidazole rings is 1. The molecule has 0 saturated carbocycles. The van der Waals surface area contributed by atoms with Gasteiger partial charge in [0.25, 0.3) is 0 Å².